The van der Waals surface area contributed by atoms with Crippen molar-refractivity contribution >= 4 is 34.8 Å². The summed E-state index contributed by atoms with van der Waals surface area (Å²) in [5, 5.41) is 8.55. The molecule has 3 N–H and O–H groups in total. The number of amides is 3. The van der Waals surface area contributed by atoms with Gasteiger partial charge in [-0.05, 0) is 61.4 Å². The molecule has 1 saturated carbocycles. The Morgan fingerprint density at radius 2 is 1.35 bits per heavy atom. The lowest BCUT2D eigenvalue weighted by atomic mass is 10.2. The quantitative estimate of drug-likeness (QED) is 0.637. The predicted molar refractivity (Wildman–Crippen MR) is 118 cm³/mol. The lowest BCUT2D eigenvalue weighted by Crippen LogP contribution is -2.41. The molecule has 0 aromatic heterocycles. The molecule has 1 aliphatic carbocycles. The molecule has 2 aromatic rings. The van der Waals surface area contributed by atoms with Gasteiger partial charge in [-0.1, -0.05) is 0 Å². The summed E-state index contributed by atoms with van der Waals surface area (Å²) in [5.41, 5.74) is 2.48. The van der Waals surface area contributed by atoms with Gasteiger partial charge >= 0.3 is 0 Å². The van der Waals surface area contributed by atoms with Crippen LogP contribution in [-0.2, 0) is 14.3 Å². The van der Waals surface area contributed by atoms with E-state index in [2.05, 4.69) is 20.9 Å². The molecule has 8 heteroatoms. The molecule has 0 radical (unpaired) electrons. The lowest BCUT2D eigenvalue weighted by molar-refractivity contribution is -0.118. The molecule has 162 valence electrons. The van der Waals surface area contributed by atoms with Crippen LogP contribution < -0.4 is 16.0 Å². The van der Waals surface area contributed by atoms with Crippen LogP contribution in [0, 0.1) is 5.92 Å². The molecule has 0 spiro atoms. The standard InChI is InChI=1S/C23H26N4O4/c28-21(15-27-11-13-31-14-12-27)24-18-7-9-20(10-8-18)26-23(30)17-3-5-19(6-4-17)25-22(29)16-1-2-16/h3-10,16H,1-2,11-15H2,(H,24,28)(H,25,29)(H,26,30). The molecule has 0 unspecified atom stereocenters. The van der Waals surface area contributed by atoms with Crippen molar-refractivity contribution in [2.45, 2.75) is 12.8 Å². The minimum Gasteiger partial charge on any atom is -0.379 e. The van der Waals surface area contributed by atoms with Crippen molar-refractivity contribution in [1.29, 1.82) is 0 Å². The highest BCUT2D eigenvalue weighted by molar-refractivity contribution is 6.05. The Balaban J connectivity index is 1.26. The molecule has 1 heterocycles. The lowest BCUT2D eigenvalue weighted by Gasteiger charge is -2.25. The molecule has 2 fully saturated rings. The van der Waals surface area contributed by atoms with Gasteiger partial charge in [-0.3, -0.25) is 19.3 Å². The number of anilines is 3. The molecule has 1 saturated heterocycles. The molecule has 2 aliphatic rings. The average molecular weight is 422 g/mol. The number of benzene rings is 2. The van der Waals surface area contributed by atoms with E-state index >= 15 is 0 Å². The summed E-state index contributed by atoms with van der Waals surface area (Å²) >= 11 is 0. The van der Waals surface area contributed by atoms with E-state index in [-0.39, 0.29) is 23.6 Å². The summed E-state index contributed by atoms with van der Waals surface area (Å²) in [6.07, 6.45) is 1.89. The number of carbonyl (C=O) groups is 3. The van der Waals surface area contributed by atoms with Gasteiger partial charge in [0.1, 0.15) is 0 Å². The minimum absolute atomic E-state index is 0.0364. The summed E-state index contributed by atoms with van der Waals surface area (Å²) < 4.78 is 5.28. The van der Waals surface area contributed by atoms with Crippen LogP contribution in [0.2, 0.25) is 0 Å². The van der Waals surface area contributed by atoms with Gasteiger partial charge in [0.2, 0.25) is 11.8 Å². The van der Waals surface area contributed by atoms with Crippen molar-refractivity contribution in [2.24, 2.45) is 5.92 Å². The van der Waals surface area contributed by atoms with Crippen molar-refractivity contribution in [3.63, 3.8) is 0 Å². The third-order valence-electron chi connectivity index (χ3n) is 5.26. The maximum atomic E-state index is 12.5. The molecular weight excluding hydrogens is 396 g/mol. The second-order valence-corrected chi connectivity index (χ2v) is 7.81. The molecule has 3 amide bonds. The number of hydrogen-bond acceptors (Lipinski definition) is 5. The summed E-state index contributed by atoms with van der Waals surface area (Å²) in [7, 11) is 0. The van der Waals surface area contributed by atoms with Crippen LogP contribution >= 0.6 is 0 Å². The normalized spacial score (nSPS) is 16.4. The van der Waals surface area contributed by atoms with Gasteiger partial charge in [-0.2, -0.15) is 0 Å². The molecule has 1 aliphatic heterocycles. The van der Waals surface area contributed by atoms with Crippen LogP contribution in [0.5, 0.6) is 0 Å². The van der Waals surface area contributed by atoms with Crippen LogP contribution in [0.3, 0.4) is 0 Å². The Bertz CT molecular complexity index is 933. The SMILES string of the molecule is O=C(CN1CCOCC1)Nc1ccc(NC(=O)c2ccc(NC(=O)C3CC3)cc2)cc1. The molecule has 2 aromatic carbocycles. The fraction of sp³-hybridized carbons (Fsp3) is 0.348. The molecular formula is C23H26N4O4. The predicted octanol–water partition coefficient (Wildman–Crippen LogP) is 2.56. The van der Waals surface area contributed by atoms with Gasteiger partial charge < -0.3 is 20.7 Å². The maximum absolute atomic E-state index is 12.5. The third kappa shape index (κ3) is 6.13. The van der Waals surface area contributed by atoms with E-state index in [1.165, 1.54) is 0 Å². The van der Waals surface area contributed by atoms with Crippen LogP contribution in [0.15, 0.2) is 48.5 Å². The van der Waals surface area contributed by atoms with E-state index in [0.717, 1.165) is 25.9 Å². The van der Waals surface area contributed by atoms with E-state index in [9.17, 15) is 14.4 Å². The van der Waals surface area contributed by atoms with Crippen molar-refractivity contribution < 1.29 is 19.1 Å². The number of ether oxygens (including phenoxy) is 1. The van der Waals surface area contributed by atoms with Crippen molar-refractivity contribution in [3.8, 4) is 0 Å². The Morgan fingerprint density at radius 3 is 1.97 bits per heavy atom. The topological polar surface area (TPSA) is 99.8 Å². The van der Waals surface area contributed by atoms with E-state index in [4.69, 9.17) is 4.74 Å². The molecule has 4 rings (SSSR count). The number of carbonyl (C=O) groups excluding carboxylic acids is 3. The summed E-state index contributed by atoms with van der Waals surface area (Å²) in [4.78, 5) is 38.5. The van der Waals surface area contributed by atoms with Gasteiger partial charge in [0.15, 0.2) is 0 Å². The zero-order valence-electron chi connectivity index (χ0n) is 17.2. The van der Waals surface area contributed by atoms with E-state index in [1.54, 1.807) is 48.5 Å². The Kier molecular flexibility index (Phi) is 6.59. The van der Waals surface area contributed by atoms with E-state index < -0.39 is 0 Å². The van der Waals surface area contributed by atoms with Crippen molar-refractivity contribution in [3.05, 3.63) is 54.1 Å². The summed E-state index contributed by atoms with van der Waals surface area (Å²) in [6.45, 7) is 3.15. The maximum Gasteiger partial charge on any atom is 0.255 e. The van der Waals surface area contributed by atoms with E-state index in [0.29, 0.717) is 42.4 Å². The molecule has 8 nitrogen and oxygen atoms in total. The first-order valence-electron chi connectivity index (χ1n) is 10.5. The van der Waals surface area contributed by atoms with Gasteiger partial charge in [-0.15, -0.1) is 0 Å². The number of rotatable bonds is 7. The Hall–Kier alpha value is -3.23. The van der Waals surface area contributed by atoms with Gasteiger partial charge in [0.25, 0.3) is 5.91 Å². The van der Waals surface area contributed by atoms with Crippen LogP contribution in [-0.4, -0.2) is 55.5 Å². The number of hydrogen-bond donors (Lipinski definition) is 3. The average Bonchev–Trinajstić information content (AvgIpc) is 3.62. The Morgan fingerprint density at radius 1 is 0.806 bits per heavy atom. The van der Waals surface area contributed by atoms with Crippen LogP contribution in [0.4, 0.5) is 17.1 Å². The van der Waals surface area contributed by atoms with Crippen LogP contribution in [0.25, 0.3) is 0 Å². The second-order valence-electron chi connectivity index (χ2n) is 7.81. The fourth-order valence-corrected chi connectivity index (χ4v) is 3.30. The van der Waals surface area contributed by atoms with Gasteiger partial charge in [0, 0.05) is 41.6 Å². The fourth-order valence-electron chi connectivity index (χ4n) is 3.30. The largest absolute Gasteiger partial charge is 0.379 e. The highest BCUT2D eigenvalue weighted by Gasteiger charge is 2.29. The first kappa shape index (κ1) is 21.0. The summed E-state index contributed by atoms with van der Waals surface area (Å²) in [5.74, 6) is -0.152. The number of nitrogens with zero attached hydrogens (tertiary/aromatic N) is 1. The number of nitrogens with one attached hydrogen (secondary N) is 3. The Labute approximate surface area is 180 Å². The van der Waals surface area contributed by atoms with E-state index in [1.807, 2.05) is 0 Å². The molecule has 31 heavy (non-hydrogen) atoms. The number of morpholine rings is 1. The molecule has 0 bridgehead atoms. The zero-order chi connectivity index (χ0) is 21.6. The smallest absolute Gasteiger partial charge is 0.255 e. The first-order valence-corrected chi connectivity index (χ1v) is 10.5. The van der Waals surface area contributed by atoms with Crippen molar-refractivity contribution in [2.75, 3.05) is 48.8 Å². The first-order chi connectivity index (χ1) is 15.1. The molecule has 0 atom stereocenters. The van der Waals surface area contributed by atoms with Crippen LogP contribution in [0.1, 0.15) is 23.2 Å². The highest BCUT2D eigenvalue weighted by Crippen LogP contribution is 2.30. The minimum atomic E-state index is -0.246. The zero-order valence-corrected chi connectivity index (χ0v) is 17.2. The summed E-state index contributed by atoms with van der Waals surface area (Å²) in [6, 6.07) is 13.8. The third-order valence-corrected chi connectivity index (χ3v) is 5.26. The second kappa shape index (κ2) is 9.72. The van der Waals surface area contributed by atoms with Crippen molar-refractivity contribution in [1.82, 2.24) is 4.90 Å². The monoisotopic (exact) mass is 422 g/mol. The highest BCUT2D eigenvalue weighted by atomic mass is 16.5. The van der Waals surface area contributed by atoms with Gasteiger partial charge in [0.05, 0.1) is 19.8 Å². The van der Waals surface area contributed by atoms with Gasteiger partial charge in [-0.25, -0.2) is 0 Å².